The fourth-order valence-corrected chi connectivity index (χ4v) is 2.15. The standard InChI is InChI=1S/C11H25O4P/c1-2-3-4-5-6-7-8-9-10-11(12)16(13,14)15/h11-12H,2-10H2,1H3,(H2,13,14,15). The van der Waals surface area contributed by atoms with E-state index >= 15 is 0 Å². The Morgan fingerprint density at radius 2 is 1.38 bits per heavy atom. The first-order valence-electron chi connectivity index (χ1n) is 6.21. The summed E-state index contributed by atoms with van der Waals surface area (Å²) in [7, 11) is -4.27. The van der Waals surface area contributed by atoms with Crippen LogP contribution in [0.15, 0.2) is 0 Å². The van der Waals surface area contributed by atoms with Gasteiger partial charge in [0.2, 0.25) is 0 Å². The van der Waals surface area contributed by atoms with E-state index in [1.807, 2.05) is 0 Å². The van der Waals surface area contributed by atoms with E-state index in [1.54, 1.807) is 0 Å². The predicted octanol–water partition coefficient (Wildman–Crippen LogP) is 3.01. The Kier molecular flexibility index (Phi) is 9.24. The molecule has 0 aliphatic heterocycles. The SMILES string of the molecule is CCCCCCCCCCC(O)P(=O)(O)O. The highest BCUT2D eigenvalue weighted by atomic mass is 31.2. The van der Waals surface area contributed by atoms with Crippen molar-refractivity contribution in [3.63, 3.8) is 0 Å². The van der Waals surface area contributed by atoms with Gasteiger partial charge in [0, 0.05) is 0 Å². The molecule has 0 saturated heterocycles. The van der Waals surface area contributed by atoms with Gasteiger partial charge >= 0.3 is 7.60 Å². The third-order valence-electron chi connectivity index (χ3n) is 2.70. The second-order valence-corrected chi connectivity index (χ2v) is 6.11. The molecule has 0 bridgehead atoms. The van der Waals surface area contributed by atoms with Crippen LogP contribution in [0.1, 0.15) is 64.7 Å². The van der Waals surface area contributed by atoms with Crippen molar-refractivity contribution in [2.24, 2.45) is 0 Å². The molecule has 4 nitrogen and oxygen atoms in total. The van der Waals surface area contributed by atoms with Crippen molar-refractivity contribution in [2.75, 3.05) is 0 Å². The number of hydrogen-bond acceptors (Lipinski definition) is 2. The van der Waals surface area contributed by atoms with Crippen LogP contribution in [0.2, 0.25) is 0 Å². The normalized spacial score (nSPS) is 14.0. The van der Waals surface area contributed by atoms with E-state index in [0.29, 0.717) is 6.42 Å². The summed E-state index contributed by atoms with van der Waals surface area (Å²) in [6.07, 6.45) is 9.19. The van der Waals surface area contributed by atoms with E-state index in [9.17, 15) is 4.57 Å². The van der Waals surface area contributed by atoms with E-state index in [2.05, 4.69) is 6.92 Å². The first-order valence-corrected chi connectivity index (χ1v) is 7.90. The van der Waals surface area contributed by atoms with Crippen molar-refractivity contribution in [3.05, 3.63) is 0 Å². The molecule has 0 spiro atoms. The highest BCUT2D eigenvalue weighted by Crippen LogP contribution is 2.41. The Morgan fingerprint density at radius 3 is 1.81 bits per heavy atom. The molecule has 0 fully saturated rings. The molecule has 0 heterocycles. The topological polar surface area (TPSA) is 77.8 Å². The Labute approximate surface area is 98.2 Å². The van der Waals surface area contributed by atoms with Crippen LogP contribution in [-0.4, -0.2) is 20.7 Å². The Balaban J connectivity index is 3.24. The molecule has 0 aliphatic carbocycles. The minimum absolute atomic E-state index is 0.208. The van der Waals surface area contributed by atoms with Gasteiger partial charge in [-0.1, -0.05) is 58.3 Å². The number of aliphatic hydroxyl groups is 1. The largest absolute Gasteiger partial charge is 0.380 e. The quantitative estimate of drug-likeness (QED) is 0.412. The third kappa shape index (κ3) is 9.34. The zero-order chi connectivity index (χ0) is 12.4. The molecule has 0 saturated carbocycles. The highest BCUT2D eigenvalue weighted by Gasteiger charge is 2.24. The maximum atomic E-state index is 10.6. The lowest BCUT2D eigenvalue weighted by molar-refractivity contribution is 0.190. The van der Waals surface area contributed by atoms with Crippen LogP contribution in [0.4, 0.5) is 0 Å². The summed E-state index contributed by atoms with van der Waals surface area (Å²) in [6.45, 7) is 2.18. The molecule has 0 aromatic rings. The van der Waals surface area contributed by atoms with Gasteiger partial charge in [-0.3, -0.25) is 4.57 Å². The van der Waals surface area contributed by atoms with Crippen LogP contribution in [0.5, 0.6) is 0 Å². The van der Waals surface area contributed by atoms with Crippen molar-refractivity contribution in [2.45, 2.75) is 70.6 Å². The molecule has 5 heteroatoms. The second-order valence-electron chi connectivity index (χ2n) is 4.33. The summed E-state index contributed by atoms with van der Waals surface area (Å²) >= 11 is 0. The van der Waals surface area contributed by atoms with Crippen LogP contribution in [-0.2, 0) is 4.57 Å². The summed E-state index contributed by atoms with van der Waals surface area (Å²) in [5, 5.41) is 9.10. The molecule has 98 valence electrons. The molecule has 16 heavy (non-hydrogen) atoms. The average molecular weight is 252 g/mol. The van der Waals surface area contributed by atoms with Crippen LogP contribution in [0.25, 0.3) is 0 Å². The fourth-order valence-electron chi connectivity index (χ4n) is 1.63. The predicted molar refractivity (Wildman–Crippen MR) is 65.3 cm³/mol. The first-order chi connectivity index (χ1) is 7.48. The van der Waals surface area contributed by atoms with Crippen LogP contribution in [0, 0.1) is 0 Å². The molecular formula is C11H25O4P. The van der Waals surface area contributed by atoms with E-state index in [1.165, 1.54) is 32.1 Å². The molecule has 0 aromatic carbocycles. The van der Waals surface area contributed by atoms with Crippen molar-refractivity contribution in [1.82, 2.24) is 0 Å². The Hall–Kier alpha value is 0.110. The molecule has 0 radical (unpaired) electrons. The second kappa shape index (κ2) is 9.17. The lowest BCUT2D eigenvalue weighted by atomic mass is 10.1. The smallest absolute Gasteiger partial charge is 0.353 e. The lowest BCUT2D eigenvalue weighted by Gasteiger charge is -2.11. The van der Waals surface area contributed by atoms with Gasteiger partial charge in [0.1, 0.15) is 0 Å². The molecule has 0 amide bonds. The number of unbranched alkanes of at least 4 members (excludes halogenated alkanes) is 7. The minimum Gasteiger partial charge on any atom is -0.380 e. The maximum absolute atomic E-state index is 10.6. The maximum Gasteiger partial charge on any atom is 0.353 e. The first kappa shape index (κ1) is 16.1. The van der Waals surface area contributed by atoms with Gasteiger partial charge in [-0.15, -0.1) is 0 Å². The van der Waals surface area contributed by atoms with Crippen molar-refractivity contribution < 1.29 is 19.5 Å². The lowest BCUT2D eigenvalue weighted by Crippen LogP contribution is -2.06. The Bertz CT molecular complexity index is 202. The van der Waals surface area contributed by atoms with E-state index in [-0.39, 0.29) is 6.42 Å². The van der Waals surface area contributed by atoms with E-state index in [4.69, 9.17) is 14.9 Å². The van der Waals surface area contributed by atoms with Gasteiger partial charge in [0.15, 0.2) is 5.85 Å². The minimum atomic E-state index is -4.27. The fraction of sp³-hybridized carbons (Fsp3) is 1.00. The van der Waals surface area contributed by atoms with E-state index in [0.717, 1.165) is 12.8 Å². The number of aliphatic hydroxyl groups excluding tert-OH is 1. The Morgan fingerprint density at radius 1 is 0.938 bits per heavy atom. The van der Waals surface area contributed by atoms with Gasteiger partial charge < -0.3 is 14.9 Å². The monoisotopic (exact) mass is 252 g/mol. The third-order valence-corrected chi connectivity index (χ3v) is 3.74. The molecule has 1 unspecified atom stereocenters. The molecule has 3 N–H and O–H groups in total. The van der Waals surface area contributed by atoms with Crippen LogP contribution < -0.4 is 0 Å². The zero-order valence-electron chi connectivity index (χ0n) is 10.1. The summed E-state index contributed by atoms with van der Waals surface area (Å²) in [4.78, 5) is 17.3. The zero-order valence-corrected chi connectivity index (χ0v) is 11.0. The average Bonchev–Trinajstić information content (AvgIpc) is 2.20. The van der Waals surface area contributed by atoms with Gasteiger partial charge in [0.05, 0.1) is 0 Å². The van der Waals surface area contributed by atoms with Crippen molar-refractivity contribution >= 4 is 7.60 Å². The summed E-state index contributed by atoms with van der Waals surface area (Å²) in [5.74, 6) is -1.47. The van der Waals surface area contributed by atoms with Crippen molar-refractivity contribution in [3.8, 4) is 0 Å². The van der Waals surface area contributed by atoms with Gasteiger partial charge in [-0.25, -0.2) is 0 Å². The molecule has 0 rings (SSSR count). The molecule has 1 atom stereocenters. The summed E-state index contributed by atoms with van der Waals surface area (Å²) in [5.41, 5.74) is 0. The number of rotatable bonds is 10. The van der Waals surface area contributed by atoms with E-state index < -0.39 is 13.4 Å². The van der Waals surface area contributed by atoms with Gasteiger partial charge in [0.25, 0.3) is 0 Å². The highest BCUT2D eigenvalue weighted by molar-refractivity contribution is 7.52. The number of hydrogen-bond donors (Lipinski definition) is 3. The van der Waals surface area contributed by atoms with Crippen molar-refractivity contribution in [1.29, 1.82) is 0 Å². The van der Waals surface area contributed by atoms with Crippen LogP contribution >= 0.6 is 7.60 Å². The van der Waals surface area contributed by atoms with Gasteiger partial charge in [-0.05, 0) is 6.42 Å². The molecule has 0 aromatic heterocycles. The molecular weight excluding hydrogens is 227 g/mol. The van der Waals surface area contributed by atoms with Crippen LogP contribution in [0.3, 0.4) is 0 Å². The summed E-state index contributed by atoms with van der Waals surface area (Å²) < 4.78 is 10.6. The summed E-state index contributed by atoms with van der Waals surface area (Å²) in [6, 6.07) is 0. The van der Waals surface area contributed by atoms with Gasteiger partial charge in [-0.2, -0.15) is 0 Å². The molecule has 0 aliphatic rings.